The molecule has 0 aliphatic carbocycles. The van der Waals surface area contributed by atoms with Crippen LogP contribution in [0.2, 0.25) is 10.0 Å². The number of aliphatic hydroxyl groups excluding tert-OH is 1. The number of ether oxygens (including phenoxy) is 2. The van der Waals surface area contributed by atoms with E-state index >= 15 is 0 Å². The van der Waals surface area contributed by atoms with Crippen molar-refractivity contribution in [2.75, 3.05) is 20.8 Å². The van der Waals surface area contributed by atoms with E-state index in [-0.39, 0.29) is 32.7 Å². The smallest absolute Gasteiger partial charge is 0.295 e. The zero-order chi connectivity index (χ0) is 23.4. The van der Waals surface area contributed by atoms with Crippen molar-refractivity contribution in [3.63, 3.8) is 0 Å². The first kappa shape index (κ1) is 24.0. The van der Waals surface area contributed by atoms with Crippen molar-refractivity contribution in [3.05, 3.63) is 63.1 Å². The van der Waals surface area contributed by atoms with E-state index in [4.69, 9.17) is 32.7 Å². The number of benzene rings is 2. The number of halogens is 2. The maximum absolute atomic E-state index is 13.1. The van der Waals surface area contributed by atoms with Crippen molar-refractivity contribution in [2.24, 2.45) is 0 Å². The second kappa shape index (κ2) is 10.3. The normalized spacial score (nSPS) is 17.7. The fourth-order valence-corrected chi connectivity index (χ4v) is 4.60. The summed E-state index contributed by atoms with van der Waals surface area (Å²) in [5.74, 6) is -1.55. The average Bonchev–Trinajstić information content (AvgIpc) is 3.04. The molecule has 1 aliphatic heterocycles. The number of amides is 1. The molecule has 170 valence electrons. The van der Waals surface area contributed by atoms with Gasteiger partial charge in [-0.2, -0.15) is 0 Å². The minimum atomic E-state index is -0.766. The lowest BCUT2D eigenvalue weighted by Crippen LogP contribution is -2.30. The lowest BCUT2D eigenvalue weighted by Gasteiger charge is -2.25. The monoisotopic (exact) mass is 477 g/mol. The molecular weight excluding hydrogens is 453 g/mol. The topological polar surface area (TPSA) is 76.1 Å². The van der Waals surface area contributed by atoms with Gasteiger partial charge in [0, 0.05) is 6.54 Å². The summed E-state index contributed by atoms with van der Waals surface area (Å²) in [6.07, 6.45) is 2.64. The summed E-state index contributed by atoms with van der Waals surface area (Å²) >= 11 is 12.7. The van der Waals surface area contributed by atoms with Crippen LogP contribution < -0.4 is 9.47 Å². The lowest BCUT2D eigenvalue weighted by molar-refractivity contribution is -0.139. The van der Waals surface area contributed by atoms with Crippen molar-refractivity contribution in [3.8, 4) is 11.5 Å². The van der Waals surface area contributed by atoms with Crippen LogP contribution in [0.3, 0.4) is 0 Å². The highest BCUT2D eigenvalue weighted by Gasteiger charge is 2.46. The van der Waals surface area contributed by atoms with Gasteiger partial charge in [-0.1, -0.05) is 73.3 Å². The van der Waals surface area contributed by atoms with Crippen molar-refractivity contribution < 1.29 is 24.2 Å². The molecule has 1 aliphatic rings. The van der Waals surface area contributed by atoms with E-state index < -0.39 is 23.5 Å². The molecule has 0 saturated carbocycles. The lowest BCUT2D eigenvalue weighted by atomic mass is 9.95. The van der Waals surface area contributed by atoms with Crippen LogP contribution in [-0.4, -0.2) is 42.5 Å². The molecule has 2 aromatic carbocycles. The number of aliphatic hydroxyl groups is 1. The second-order valence-electron chi connectivity index (χ2n) is 7.40. The minimum Gasteiger partial charge on any atom is -0.507 e. The van der Waals surface area contributed by atoms with Gasteiger partial charge in [0.1, 0.15) is 10.8 Å². The molecule has 1 atom stereocenters. The molecule has 8 heteroatoms. The molecule has 1 fully saturated rings. The maximum Gasteiger partial charge on any atom is 0.295 e. The highest BCUT2D eigenvalue weighted by Crippen LogP contribution is 2.47. The number of unbranched alkanes of at least 4 members (excludes halogenated alkanes) is 2. The third-order valence-electron chi connectivity index (χ3n) is 5.45. The quantitative estimate of drug-likeness (QED) is 0.231. The Bertz CT molecular complexity index is 1050. The van der Waals surface area contributed by atoms with Gasteiger partial charge in [-0.15, -0.1) is 0 Å². The Morgan fingerprint density at radius 3 is 2.31 bits per heavy atom. The fraction of sp³-hybridized carbons (Fsp3) is 0.333. The first-order valence-electron chi connectivity index (χ1n) is 10.3. The van der Waals surface area contributed by atoms with E-state index in [1.807, 2.05) is 30.3 Å². The number of likely N-dealkylation sites (tertiary alicyclic amines) is 1. The van der Waals surface area contributed by atoms with E-state index in [1.165, 1.54) is 25.2 Å². The number of rotatable bonds is 8. The molecule has 0 spiro atoms. The summed E-state index contributed by atoms with van der Waals surface area (Å²) in [5.41, 5.74) is 0.790. The summed E-state index contributed by atoms with van der Waals surface area (Å²) in [7, 11) is 2.78. The number of hydrogen-bond acceptors (Lipinski definition) is 5. The maximum atomic E-state index is 13.1. The van der Waals surface area contributed by atoms with Crippen LogP contribution in [0.5, 0.6) is 11.5 Å². The Kier molecular flexibility index (Phi) is 7.69. The molecule has 0 aromatic heterocycles. The van der Waals surface area contributed by atoms with Crippen molar-refractivity contribution in [1.82, 2.24) is 4.90 Å². The number of nitrogens with zero attached hydrogens (tertiary/aromatic N) is 1. The summed E-state index contributed by atoms with van der Waals surface area (Å²) in [6, 6.07) is 9.81. The molecule has 6 nitrogen and oxygen atoms in total. The summed E-state index contributed by atoms with van der Waals surface area (Å²) in [6.45, 7) is 2.46. The van der Waals surface area contributed by atoms with Crippen LogP contribution >= 0.6 is 23.2 Å². The third-order valence-corrected chi connectivity index (χ3v) is 6.08. The van der Waals surface area contributed by atoms with Gasteiger partial charge in [-0.25, -0.2) is 0 Å². The molecule has 1 saturated heterocycles. The molecule has 3 rings (SSSR count). The zero-order valence-electron chi connectivity index (χ0n) is 18.2. The predicted octanol–water partition coefficient (Wildman–Crippen LogP) is 5.62. The Morgan fingerprint density at radius 1 is 1.06 bits per heavy atom. The number of methoxy groups -OCH3 is 2. The Hall–Kier alpha value is -2.70. The Balaban J connectivity index is 2.23. The first-order chi connectivity index (χ1) is 15.4. The van der Waals surface area contributed by atoms with Crippen LogP contribution in [0.4, 0.5) is 0 Å². The molecule has 1 unspecified atom stereocenters. The van der Waals surface area contributed by atoms with Crippen LogP contribution in [-0.2, 0) is 9.59 Å². The highest BCUT2D eigenvalue weighted by molar-refractivity contribution is 6.47. The van der Waals surface area contributed by atoms with Gasteiger partial charge in [0.25, 0.3) is 11.7 Å². The van der Waals surface area contributed by atoms with E-state index in [1.54, 1.807) is 0 Å². The molecular formula is C24H25Cl2NO5. The second-order valence-corrected chi connectivity index (χ2v) is 8.18. The summed E-state index contributed by atoms with van der Waals surface area (Å²) < 4.78 is 10.6. The summed E-state index contributed by atoms with van der Waals surface area (Å²) in [4.78, 5) is 27.6. The van der Waals surface area contributed by atoms with Crippen molar-refractivity contribution in [2.45, 2.75) is 32.2 Å². The SMILES string of the molecule is CCCCCN1C(=O)C(=O)/C(=C(/O)c2cc(Cl)c(OC)c(Cl)c2OC)C1c1ccccc1. The highest BCUT2D eigenvalue weighted by atomic mass is 35.5. The Morgan fingerprint density at radius 2 is 1.72 bits per heavy atom. The number of carbonyl (C=O) groups excluding carboxylic acids is 2. The molecule has 1 N–H and O–H groups in total. The largest absolute Gasteiger partial charge is 0.507 e. The molecule has 0 radical (unpaired) electrons. The zero-order valence-corrected chi connectivity index (χ0v) is 19.7. The van der Waals surface area contributed by atoms with Crippen LogP contribution in [0.1, 0.15) is 43.4 Å². The minimum absolute atomic E-state index is 0.0340. The van der Waals surface area contributed by atoms with Gasteiger partial charge in [-0.05, 0) is 18.1 Å². The third kappa shape index (κ3) is 4.30. The van der Waals surface area contributed by atoms with Crippen LogP contribution in [0.15, 0.2) is 42.0 Å². The summed E-state index contributed by atoms with van der Waals surface area (Å²) in [5, 5.41) is 11.5. The predicted molar refractivity (Wildman–Crippen MR) is 125 cm³/mol. The average molecular weight is 478 g/mol. The number of hydrogen-bond donors (Lipinski definition) is 1. The van der Waals surface area contributed by atoms with Gasteiger partial charge >= 0.3 is 0 Å². The van der Waals surface area contributed by atoms with Gasteiger partial charge in [0.05, 0.1) is 36.4 Å². The van der Waals surface area contributed by atoms with Gasteiger partial charge in [0.2, 0.25) is 0 Å². The van der Waals surface area contributed by atoms with E-state index in [9.17, 15) is 14.7 Å². The molecule has 1 heterocycles. The fourth-order valence-electron chi connectivity index (χ4n) is 3.92. The van der Waals surface area contributed by atoms with Crippen LogP contribution in [0, 0.1) is 0 Å². The van der Waals surface area contributed by atoms with Gasteiger partial charge < -0.3 is 19.5 Å². The Labute approximate surface area is 197 Å². The standard InChI is InChI=1S/C24H25Cl2NO5/c1-4-5-9-12-27-19(14-10-7-6-8-11-14)17(21(29)24(27)30)20(28)15-13-16(25)23(32-3)18(26)22(15)31-2/h6-8,10-11,13,19,28H,4-5,9,12H2,1-3H3/b20-17+. The van der Waals surface area contributed by atoms with E-state index in [0.717, 1.165) is 24.8 Å². The number of ketones is 1. The number of Topliss-reactive ketones (excluding diaryl/α,β-unsaturated/α-hetero) is 1. The van der Waals surface area contributed by atoms with E-state index in [2.05, 4.69) is 6.92 Å². The van der Waals surface area contributed by atoms with Crippen LogP contribution in [0.25, 0.3) is 5.76 Å². The molecule has 0 bridgehead atoms. The first-order valence-corrected chi connectivity index (χ1v) is 11.1. The van der Waals surface area contributed by atoms with Gasteiger partial charge in [-0.3, -0.25) is 9.59 Å². The molecule has 32 heavy (non-hydrogen) atoms. The van der Waals surface area contributed by atoms with Gasteiger partial charge in [0.15, 0.2) is 11.5 Å². The van der Waals surface area contributed by atoms with E-state index in [0.29, 0.717) is 6.54 Å². The number of carbonyl (C=O) groups is 2. The van der Waals surface area contributed by atoms with Crippen molar-refractivity contribution >= 4 is 40.7 Å². The molecule has 2 aromatic rings. The molecule has 1 amide bonds. The van der Waals surface area contributed by atoms with Crippen molar-refractivity contribution in [1.29, 1.82) is 0 Å².